The highest BCUT2D eigenvalue weighted by molar-refractivity contribution is 5.95. The summed E-state index contributed by atoms with van der Waals surface area (Å²) in [5, 5.41) is 2.84. The molecule has 0 saturated heterocycles. The number of carbonyl (C=O) groups is 1. The Bertz CT molecular complexity index is 877. The molecule has 1 amide bonds. The Balaban J connectivity index is 1.85. The van der Waals surface area contributed by atoms with E-state index in [1.807, 2.05) is 19.1 Å². The van der Waals surface area contributed by atoms with Crippen molar-refractivity contribution in [3.8, 4) is 0 Å². The number of pyridine rings is 1. The summed E-state index contributed by atoms with van der Waals surface area (Å²) in [6.07, 6.45) is 6.88. The zero-order valence-electron chi connectivity index (χ0n) is 14.6. The molecule has 5 nitrogen and oxygen atoms in total. The van der Waals surface area contributed by atoms with Crippen LogP contribution in [-0.4, -0.2) is 27.4 Å². The number of rotatable bonds is 5. The van der Waals surface area contributed by atoms with Gasteiger partial charge in [0.25, 0.3) is 5.91 Å². The molecular weight excluding hydrogens is 331 g/mol. The predicted octanol–water partition coefficient (Wildman–Crippen LogP) is 3.19. The summed E-state index contributed by atoms with van der Waals surface area (Å²) >= 11 is 0. The average Bonchev–Trinajstić information content (AvgIpc) is 2.64. The monoisotopic (exact) mass is 350 g/mol. The van der Waals surface area contributed by atoms with Crippen LogP contribution in [-0.2, 0) is 0 Å². The molecule has 1 aromatic carbocycles. The second-order valence-corrected chi connectivity index (χ2v) is 6.04. The van der Waals surface area contributed by atoms with Crippen molar-refractivity contribution in [3.05, 3.63) is 89.0 Å². The van der Waals surface area contributed by atoms with E-state index in [9.17, 15) is 9.18 Å². The van der Waals surface area contributed by atoms with Crippen LogP contribution in [0.2, 0.25) is 0 Å². The van der Waals surface area contributed by atoms with Crippen molar-refractivity contribution in [3.63, 3.8) is 0 Å². The Morgan fingerprint density at radius 2 is 1.77 bits per heavy atom. The van der Waals surface area contributed by atoms with Crippen molar-refractivity contribution < 1.29 is 9.18 Å². The second kappa shape index (κ2) is 7.82. The van der Waals surface area contributed by atoms with Gasteiger partial charge in [-0.25, -0.2) is 14.4 Å². The Morgan fingerprint density at radius 3 is 2.42 bits per heavy atom. The maximum Gasteiger partial charge on any atom is 0.254 e. The molecule has 0 bridgehead atoms. The minimum atomic E-state index is -0.526. The van der Waals surface area contributed by atoms with Gasteiger partial charge in [0.1, 0.15) is 11.6 Å². The molecule has 6 heteroatoms. The fraction of sp³-hybridized carbons (Fsp3) is 0.200. The van der Waals surface area contributed by atoms with Crippen molar-refractivity contribution in [2.75, 3.05) is 6.54 Å². The number of hydrogen-bond acceptors (Lipinski definition) is 4. The molecule has 0 saturated carbocycles. The molecule has 0 aliphatic rings. The molecule has 2 aromatic heterocycles. The average molecular weight is 350 g/mol. The highest BCUT2D eigenvalue weighted by Gasteiger charge is 2.19. The third kappa shape index (κ3) is 3.91. The molecule has 0 aliphatic heterocycles. The van der Waals surface area contributed by atoms with Gasteiger partial charge in [-0.15, -0.1) is 0 Å². The number of amides is 1. The Morgan fingerprint density at radius 1 is 1.08 bits per heavy atom. The standard InChI is InChI=1S/C20H19FN4O/c1-13-4-3-5-18(21)19(13)20(26)25-12-17(15-6-8-22-9-7-15)16-10-23-14(2)24-11-16/h3-11,17H,12H2,1-2H3,(H,25,26). The zero-order chi connectivity index (χ0) is 18.5. The summed E-state index contributed by atoms with van der Waals surface area (Å²) in [7, 11) is 0. The molecule has 1 atom stereocenters. The van der Waals surface area contributed by atoms with Crippen LogP contribution >= 0.6 is 0 Å². The van der Waals surface area contributed by atoms with Gasteiger partial charge in [0.15, 0.2) is 0 Å². The van der Waals surface area contributed by atoms with Crippen LogP contribution in [0.4, 0.5) is 4.39 Å². The first-order valence-electron chi connectivity index (χ1n) is 8.28. The van der Waals surface area contributed by atoms with E-state index in [1.54, 1.807) is 43.8 Å². The van der Waals surface area contributed by atoms with Gasteiger partial charge in [0, 0.05) is 37.3 Å². The van der Waals surface area contributed by atoms with Gasteiger partial charge in [-0.2, -0.15) is 0 Å². The van der Waals surface area contributed by atoms with Crippen molar-refractivity contribution in [1.29, 1.82) is 0 Å². The van der Waals surface area contributed by atoms with Crippen molar-refractivity contribution in [1.82, 2.24) is 20.3 Å². The molecule has 0 aliphatic carbocycles. The van der Waals surface area contributed by atoms with Gasteiger partial charge in [-0.1, -0.05) is 12.1 Å². The smallest absolute Gasteiger partial charge is 0.254 e. The summed E-state index contributed by atoms with van der Waals surface area (Å²) in [6, 6.07) is 8.35. The SMILES string of the molecule is Cc1ncc(C(CNC(=O)c2c(C)cccc2F)c2ccncc2)cn1. The van der Waals surface area contributed by atoms with Crippen LogP contribution in [0.3, 0.4) is 0 Å². The lowest BCUT2D eigenvalue weighted by atomic mass is 9.94. The number of aryl methyl sites for hydroxylation is 2. The number of aromatic nitrogens is 3. The maximum absolute atomic E-state index is 14.0. The first-order valence-corrected chi connectivity index (χ1v) is 8.28. The largest absolute Gasteiger partial charge is 0.351 e. The number of nitrogens with zero attached hydrogens (tertiary/aromatic N) is 3. The van der Waals surface area contributed by atoms with Crippen LogP contribution in [0, 0.1) is 19.7 Å². The zero-order valence-corrected chi connectivity index (χ0v) is 14.6. The van der Waals surface area contributed by atoms with E-state index < -0.39 is 11.7 Å². The van der Waals surface area contributed by atoms with E-state index >= 15 is 0 Å². The van der Waals surface area contributed by atoms with Crippen LogP contribution in [0.1, 0.15) is 38.8 Å². The van der Waals surface area contributed by atoms with E-state index in [-0.39, 0.29) is 11.5 Å². The van der Waals surface area contributed by atoms with Gasteiger partial charge in [0.05, 0.1) is 5.56 Å². The molecular formula is C20H19FN4O. The minimum absolute atomic E-state index is 0.0705. The maximum atomic E-state index is 14.0. The number of carbonyl (C=O) groups excluding carboxylic acids is 1. The number of halogens is 1. The number of nitrogens with one attached hydrogen (secondary N) is 1. The molecule has 26 heavy (non-hydrogen) atoms. The minimum Gasteiger partial charge on any atom is -0.351 e. The highest BCUT2D eigenvalue weighted by Crippen LogP contribution is 2.23. The van der Waals surface area contributed by atoms with E-state index in [2.05, 4.69) is 20.3 Å². The molecule has 0 radical (unpaired) electrons. The first-order chi connectivity index (χ1) is 12.6. The molecule has 3 aromatic rings. The summed E-state index contributed by atoms with van der Waals surface area (Å²) < 4.78 is 14.0. The number of hydrogen-bond donors (Lipinski definition) is 1. The summed E-state index contributed by atoms with van der Waals surface area (Å²) in [6.45, 7) is 3.82. The van der Waals surface area contributed by atoms with Crippen molar-refractivity contribution in [2.24, 2.45) is 0 Å². The van der Waals surface area contributed by atoms with E-state index in [1.165, 1.54) is 6.07 Å². The van der Waals surface area contributed by atoms with E-state index in [4.69, 9.17) is 0 Å². The lowest BCUT2D eigenvalue weighted by Crippen LogP contribution is -2.30. The summed E-state index contributed by atoms with van der Waals surface area (Å²) in [5.41, 5.74) is 2.51. The molecule has 2 heterocycles. The van der Waals surface area contributed by atoms with Gasteiger partial charge in [0.2, 0.25) is 0 Å². The second-order valence-electron chi connectivity index (χ2n) is 6.04. The Hall–Kier alpha value is -3.15. The Kier molecular flexibility index (Phi) is 5.31. The lowest BCUT2D eigenvalue weighted by Gasteiger charge is -2.18. The number of benzene rings is 1. The fourth-order valence-electron chi connectivity index (χ4n) is 2.81. The lowest BCUT2D eigenvalue weighted by molar-refractivity contribution is 0.0947. The Labute approximate surface area is 151 Å². The van der Waals surface area contributed by atoms with Gasteiger partial charge >= 0.3 is 0 Å². The highest BCUT2D eigenvalue weighted by atomic mass is 19.1. The topological polar surface area (TPSA) is 67.8 Å². The van der Waals surface area contributed by atoms with Gasteiger partial charge < -0.3 is 5.32 Å². The summed E-state index contributed by atoms with van der Waals surface area (Å²) in [4.78, 5) is 25.0. The first kappa shape index (κ1) is 17.7. The van der Waals surface area contributed by atoms with Crippen LogP contribution in [0.25, 0.3) is 0 Å². The normalized spacial score (nSPS) is 11.8. The van der Waals surface area contributed by atoms with Crippen LogP contribution < -0.4 is 5.32 Å². The van der Waals surface area contributed by atoms with Crippen molar-refractivity contribution >= 4 is 5.91 Å². The third-order valence-electron chi connectivity index (χ3n) is 4.23. The summed E-state index contributed by atoms with van der Waals surface area (Å²) in [5.74, 6) is -0.447. The van der Waals surface area contributed by atoms with Gasteiger partial charge in [-0.3, -0.25) is 9.78 Å². The fourth-order valence-corrected chi connectivity index (χ4v) is 2.81. The van der Waals surface area contributed by atoms with Crippen molar-refractivity contribution in [2.45, 2.75) is 19.8 Å². The molecule has 132 valence electrons. The quantitative estimate of drug-likeness (QED) is 0.767. The third-order valence-corrected chi connectivity index (χ3v) is 4.23. The molecule has 0 spiro atoms. The van der Waals surface area contributed by atoms with Crippen LogP contribution in [0.5, 0.6) is 0 Å². The molecule has 3 rings (SSSR count). The van der Waals surface area contributed by atoms with Gasteiger partial charge in [-0.05, 0) is 48.7 Å². The molecule has 1 unspecified atom stereocenters. The van der Waals surface area contributed by atoms with E-state index in [0.29, 0.717) is 17.9 Å². The molecule has 0 fully saturated rings. The molecule has 1 N–H and O–H groups in total. The van der Waals surface area contributed by atoms with Crippen LogP contribution in [0.15, 0.2) is 55.1 Å². The van der Waals surface area contributed by atoms with E-state index in [0.717, 1.165) is 11.1 Å². The predicted molar refractivity (Wildman–Crippen MR) is 96.3 cm³/mol.